The van der Waals surface area contributed by atoms with Crippen LogP contribution in [0, 0.1) is 0 Å². The van der Waals surface area contributed by atoms with E-state index in [1.165, 1.54) is 23.1 Å². The molecular formula is C17H14ClN5OS3. The van der Waals surface area contributed by atoms with Gasteiger partial charge in [-0.3, -0.25) is 9.78 Å². The summed E-state index contributed by atoms with van der Waals surface area (Å²) in [4.78, 5) is 15.8. The largest absolute Gasteiger partial charge is 0.272 e. The molecule has 2 aromatic heterocycles. The van der Waals surface area contributed by atoms with Gasteiger partial charge in [0.15, 0.2) is 8.68 Å². The molecule has 0 aliphatic rings. The third-order valence-electron chi connectivity index (χ3n) is 3.11. The maximum Gasteiger partial charge on any atom is 0.250 e. The van der Waals surface area contributed by atoms with E-state index in [-0.39, 0.29) is 11.7 Å². The standard InChI is InChI=1S/C17H14ClN5OS3/c18-14-6-2-1-5-13(14)10-25-16-22-23-17(27-16)26-11-15(24)21-20-9-12-4-3-7-19-8-12/h1-9H,10-11H2,(H,21,24)/b20-9-. The second kappa shape index (κ2) is 10.4. The summed E-state index contributed by atoms with van der Waals surface area (Å²) < 4.78 is 1.58. The van der Waals surface area contributed by atoms with Crippen LogP contribution in [0.5, 0.6) is 0 Å². The third kappa shape index (κ3) is 6.62. The van der Waals surface area contributed by atoms with E-state index in [1.54, 1.807) is 36.4 Å². The molecule has 1 aromatic carbocycles. The Labute approximate surface area is 173 Å². The van der Waals surface area contributed by atoms with Gasteiger partial charge in [-0.25, -0.2) is 5.43 Å². The molecule has 0 fully saturated rings. The first-order valence-corrected chi connectivity index (χ1v) is 10.9. The van der Waals surface area contributed by atoms with Crippen LogP contribution in [0.25, 0.3) is 0 Å². The molecule has 138 valence electrons. The van der Waals surface area contributed by atoms with Crippen molar-refractivity contribution in [1.29, 1.82) is 0 Å². The van der Waals surface area contributed by atoms with Gasteiger partial charge in [-0.05, 0) is 17.7 Å². The van der Waals surface area contributed by atoms with Gasteiger partial charge in [0.2, 0.25) is 0 Å². The summed E-state index contributed by atoms with van der Waals surface area (Å²) in [6.45, 7) is 0. The van der Waals surface area contributed by atoms with Gasteiger partial charge in [0.25, 0.3) is 5.91 Å². The van der Waals surface area contributed by atoms with E-state index in [9.17, 15) is 4.79 Å². The molecule has 0 atom stereocenters. The van der Waals surface area contributed by atoms with Crippen LogP contribution in [0.15, 0.2) is 62.6 Å². The van der Waals surface area contributed by atoms with Crippen molar-refractivity contribution in [3.05, 3.63) is 64.9 Å². The van der Waals surface area contributed by atoms with E-state index >= 15 is 0 Å². The monoisotopic (exact) mass is 435 g/mol. The number of nitrogens with zero attached hydrogens (tertiary/aromatic N) is 4. The number of carbonyl (C=O) groups excluding carboxylic acids is 1. The van der Waals surface area contributed by atoms with E-state index in [1.807, 2.05) is 30.3 Å². The molecule has 3 aromatic rings. The first-order valence-electron chi connectivity index (χ1n) is 7.75. The van der Waals surface area contributed by atoms with Gasteiger partial charge < -0.3 is 0 Å². The van der Waals surface area contributed by atoms with Crippen LogP contribution < -0.4 is 5.43 Å². The molecule has 3 rings (SSSR count). The second-order valence-corrected chi connectivity index (χ2v) is 8.91. The Morgan fingerprint density at radius 1 is 1.19 bits per heavy atom. The predicted molar refractivity (Wildman–Crippen MR) is 112 cm³/mol. The first-order chi connectivity index (χ1) is 13.2. The summed E-state index contributed by atoms with van der Waals surface area (Å²) in [7, 11) is 0. The lowest BCUT2D eigenvalue weighted by Crippen LogP contribution is -2.19. The molecule has 10 heteroatoms. The Kier molecular flexibility index (Phi) is 7.64. The van der Waals surface area contributed by atoms with E-state index in [4.69, 9.17) is 11.6 Å². The lowest BCUT2D eigenvalue weighted by Gasteiger charge is -2.00. The van der Waals surface area contributed by atoms with Gasteiger partial charge in [-0.1, -0.05) is 70.7 Å². The Morgan fingerprint density at radius 2 is 2.00 bits per heavy atom. The summed E-state index contributed by atoms with van der Waals surface area (Å²) >= 11 is 10.5. The fourth-order valence-corrected chi connectivity index (χ4v) is 4.96. The smallest absolute Gasteiger partial charge is 0.250 e. The number of carbonyl (C=O) groups is 1. The minimum Gasteiger partial charge on any atom is -0.272 e. The molecular weight excluding hydrogens is 422 g/mol. The minimum atomic E-state index is -0.208. The van der Waals surface area contributed by atoms with E-state index in [0.717, 1.165) is 30.6 Å². The number of hydrogen-bond acceptors (Lipinski definition) is 8. The zero-order chi connectivity index (χ0) is 18.9. The Bertz CT molecular complexity index is 920. The van der Waals surface area contributed by atoms with E-state index < -0.39 is 0 Å². The van der Waals surface area contributed by atoms with Crippen molar-refractivity contribution in [2.75, 3.05) is 5.75 Å². The number of halogens is 1. The van der Waals surface area contributed by atoms with Gasteiger partial charge in [0.05, 0.1) is 12.0 Å². The molecule has 0 radical (unpaired) electrons. The van der Waals surface area contributed by atoms with Crippen molar-refractivity contribution in [1.82, 2.24) is 20.6 Å². The Hall–Kier alpha value is -1.94. The quantitative estimate of drug-likeness (QED) is 0.325. The van der Waals surface area contributed by atoms with Crippen LogP contribution in [0.2, 0.25) is 5.02 Å². The zero-order valence-electron chi connectivity index (χ0n) is 13.9. The van der Waals surface area contributed by atoms with Gasteiger partial charge in [0, 0.05) is 28.7 Å². The summed E-state index contributed by atoms with van der Waals surface area (Å²) in [5.74, 6) is 0.733. The summed E-state index contributed by atoms with van der Waals surface area (Å²) in [6, 6.07) is 11.4. The molecule has 0 spiro atoms. The number of pyridine rings is 1. The van der Waals surface area contributed by atoms with Crippen LogP contribution in [0.3, 0.4) is 0 Å². The average Bonchev–Trinajstić information content (AvgIpc) is 3.14. The number of hydrogen-bond donors (Lipinski definition) is 1. The number of aromatic nitrogens is 3. The summed E-state index contributed by atoms with van der Waals surface area (Å²) in [5.41, 5.74) is 4.35. The van der Waals surface area contributed by atoms with Crippen LogP contribution in [-0.4, -0.2) is 33.1 Å². The molecule has 0 bridgehead atoms. The van der Waals surface area contributed by atoms with Crippen LogP contribution in [0.1, 0.15) is 11.1 Å². The molecule has 6 nitrogen and oxygen atoms in total. The number of hydrazone groups is 1. The molecule has 2 heterocycles. The van der Waals surface area contributed by atoms with Crippen molar-refractivity contribution in [2.45, 2.75) is 14.4 Å². The Morgan fingerprint density at radius 3 is 2.78 bits per heavy atom. The second-order valence-electron chi connectivity index (χ2n) is 5.08. The van der Waals surface area contributed by atoms with Gasteiger partial charge >= 0.3 is 0 Å². The SMILES string of the molecule is O=C(CSc1nnc(SCc2ccccc2Cl)s1)N/N=C\c1cccnc1. The van der Waals surface area contributed by atoms with Crippen LogP contribution >= 0.6 is 46.5 Å². The number of thioether (sulfide) groups is 2. The molecule has 0 saturated carbocycles. The van der Waals surface area contributed by atoms with E-state index in [0.29, 0.717) is 0 Å². The minimum absolute atomic E-state index is 0.208. The average molecular weight is 436 g/mol. The number of rotatable bonds is 8. The van der Waals surface area contributed by atoms with Crippen LogP contribution in [-0.2, 0) is 10.5 Å². The molecule has 27 heavy (non-hydrogen) atoms. The molecule has 1 N–H and O–H groups in total. The molecule has 0 unspecified atom stereocenters. The van der Waals surface area contributed by atoms with Crippen molar-refractivity contribution < 1.29 is 4.79 Å². The van der Waals surface area contributed by atoms with Crippen LogP contribution in [0.4, 0.5) is 0 Å². The predicted octanol–water partition coefficient (Wildman–Crippen LogP) is 4.12. The van der Waals surface area contributed by atoms with Crippen molar-refractivity contribution in [2.24, 2.45) is 5.10 Å². The maximum absolute atomic E-state index is 11.8. The van der Waals surface area contributed by atoms with Crippen molar-refractivity contribution in [3.8, 4) is 0 Å². The highest BCUT2D eigenvalue weighted by Gasteiger charge is 2.09. The van der Waals surface area contributed by atoms with E-state index in [2.05, 4.69) is 25.7 Å². The van der Waals surface area contributed by atoms with Gasteiger partial charge in [0.1, 0.15) is 0 Å². The summed E-state index contributed by atoms with van der Waals surface area (Å²) in [6.07, 6.45) is 4.88. The first kappa shape index (κ1) is 19.8. The topological polar surface area (TPSA) is 80.1 Å². The fraction of sp³-hybridized carbons (Fsp3) is 0.118. The Balaban J connectivity index is 1.42. The molecule has 0 aliphatic heterocycles. The third-order valence-corrected chi connectivity index (χ3v) is 6.72. The molecule has 0 saturated heterocycles. The highest BCUT2D eigenvalue weighted by Crippen LogP contribution is 2.32. The zero-order valence-corrected chi connectivity index (χ0v) is 17.1. The van der Waals surface area contributed by atoms with Crippen molar-refractivity contribution >= 4 is 58.6 Å². The number of benzene rings is 1. The lowest BCUT2D eigenvalue weighted by molar-refractivity contribution is -0.118. The highest BCUT2D eigenvalue weighted by atomic mass is 35.5. The fourth-order valence-electron chi connectivity index (χ4n) is 1.86. The molecule has 0 aliphatic carbocycles. The lowest BCUT2D eigenvalue weighted by atomic mass is 10.2. The summed E-state index contributed by atoms with van der Waals surface area (Å²) in [5, 5.41) is 12.9. The normalized spacial score (nSPS) is 11.0. The number of nitrogens with one attached hydrogen (secondary N) is 1. The number of amides is 1. The van der Waals surface area contributed by atoms with Crippen molar-refractivity contribution in [3.63, 3.8) is 0 Å². The van der Waals surface area contributed by atoms with Gasteiger partial charge in [-0.15, -0.1) is 10.2 Å². The molecule has 1 amide bonds. The van der Waals surface area contributed by atoms with Gasteiger partial charge in [-0.2, -0.15) is 5.10 Å². The maximum atomic E-state index is 11.8. The highest BCUT2D eigenvalue weighted by molar-refractivity contribution is 8.03.